The summed E-state index contributed by atoms with van der Waals surface area (Å²) in [5, 5.41) is 3.45. The summed E-state index contributed by atoms with van der Waals surface area (Å²) in [6, 6.07) is 5.80. The maximum absolute atomic E-state index is 5.83. The van der Waals surface area contributed by atoms with Crippen LogP contribution in [0.4, 0.5) is 11.4 Å². The predicted octanol–water partition coefficient (Wildman–Crippen LogP) is 3.66. The number of methoxy groups -OCH3 is 1. The number of rotatable bonds is 5. The summed E-state index contributed by atoms with van der Waals surface area (Å²) in [6.45, 7) is 1.03. The largest absolute Gasteiger partial charge is 0.497 e. The molecule has 100 valence electrons. The van der Waals surface area contributed by atoms with E-state index < -0.39 is 0 Å². The van der Waals surface area contributed by atoms with Crippen LogP contribution in [0, 0.1) is 5.92 Å². The Bertz CT molecular complexity index is 373. The van der Waals surface area contributed by atoms with Gasteiger partial charge >= 0.3 is 0 Å². The van der Waals surface area contributed by atoms with Crippen LogP contribution in [0.15, 0.2) is 18.2 Å². The molecule has 0 unspecified atom stereocenters. The van der Waals surface area contributed by atoms with Crippen molar-refractivity contribution in [1.82, 2.24) is 0 Å². The molecule has 0 heterocycles. The van der Waals surface area contributed by atoms with E-state index in [0.717, 1.165) is 29.6 Å². The van der Waals surface area contributed by atoms with Gasteiger partial charge in [-0.1, -0.05) is 32.1 Å². The van der Waals surface area contributed by atoms with Gasteiger partial charge in [-0.15, -0.1) is 0 Å². The Morgan fingerprint density at radius 1 is 1.22 bits per heavy atom. The Hall–Kier alpha value is -1.38. The zero-order valence-electron chi connectivity index (χ0n) is 11.2. The Morgan fingerprint density at radius 3 is 2.72 bits per heavy atom. The molecule has 1 fully saturated rings. The Kier molecular flexibility index (Phi) is 4.73. The zero-order chi connectivity index (χ0) is 12.8. The van der Waals surface area contributed by atoms with Crippen LogP contribution in [-0.4, -0.2) is 13.7 Å². The number of hydrogen-bond acceptors (Lipinski definition) is 3. The molecule has 0 radical (unpaired) electrons. The summed E-state index contributed by atoms with van der Waals surface area (Å²) < 4.78 is 5.21. The van der Waals surface area contributed by atoms with E-state index in [9.17, 15) is 0 Å². The Balaban J connectivity index is 1.80. The van der Waals surface area contributed by atoms with Crippen LogP contribution in [0.1, 0.15) is 38.5 Å². The molecule has 1 aromatic rings. The van der Waals surface area contributed by atoms with Crippen molar-refractivity contribution in [3.05, 3.63) is 18.2 Å². The molecule has 0 bridgehead atoms. The second kappa shape index (κ2) is 6.53. The molecule has 18 heavy (non-hydrogen) atoms. The minimum Gasteiger partial charge on any atom is -0.497 e. The number of nitrogen functional groups attached to an aromatic ring is 1. The van der Waals surface area contributed by atoms with Crippen molar-refractivity contribution < 1.29 is 4.74 Å². The summed E-state index contributed by atoms with van der Waals surface area (Å²) >= 11 is 0. The third-order valence-corrected chi connectivity index (χ3v) is 3.77. The lowest BCUT2D eigenvalue weighted by atomic mass is 9.87. The molecule has 0 saturated heterocycles. The first kappa shape index (κ1) is 13.1. The van der Waals surface area contributed by atoms with E-state index >= 15 is 0 Å². The minimum absolute atomic E-state index is 0.745. The van der Waals surface area contributed by atoms with Crippen LogP contribution < -0.4 is 15.8 Å². The molecule has 0 aromatic heterocycles. The van der Waals surface area contributed by atoms with Gasteiger partial charge in [-0.3, -0.25) is 0 Å². The molecular formula is C15H24N2O. The van der Waals surface area contributed by atoms with Gasteiger partial charge in [0.05, 0.1) is 7.11 Å². The summed E-state index contributed by atoms with van der Waals surface area (Å²) in [7, 11) is 1.67. The highest BCUT2D eigenvalue weighted by Gasteiger charge is 2.12. The van der Waals surface area contributed by atoms with Crippen molar-refractivity contribution in [2.45, 2.75) is 38.5 Å². The summed E-state index contributed by atoms with van der Waals surface area (Å²) in [6.07, 6.45) is 8.32. The van der Waals surface area contributed by atoms with Gasteiger partial charge in [-0.05, 0) is 18.4 Å². The highest BCUT2D eigenvalue weighted by molar-refractivity contribution is 5.59. The van der Waals surface area contributed by atoms with E-state index in [1.807, 2.05) is 18.2 Å². The maximum atomic E-state index is 5.83. The second-order valence-corrected chi connectivity index (χ2v) is 5.21. The monoisotopic (exact) mass is 248 g/mol. The average Bonchev–Trinajstić information content (AvgIpc) is 2.39. The molecule has 3 heteroatoms. The maximum Gasteiger partial charge on any atom is 0.122 e. The molecule has 0 amide bonds. The van der Waals surface area contributed by atoms with E-state index in [1.54, 1.807) is 7.11 Å². The van der Waals surface area contributed by atoms with Crippen molar-refractivity contribution in [2.24, 2.45) is 5.92 Å². The second-order valence-electron chi connectivity index (χ2n) is 5.21. The van der Waals surface area contributed by atoms with Crippen LogP contribution in [0.3, 0.4) is 0 Å². The van der Waals surface area contributed by atoms with E-state index in [1.165, 1.54) is 38.5 Å². The predicted molar refractivity (Wildman–Crippen MR) is 77.1 cm³/mol. The van der Waals surface area contributed by atoms with Gasteiger partial charge in [0.1, 0.15) is 5.75 Å². The van der Waals surface area contributed by atoms with Crippen LogP contribution in [0.25, 0.3) is 0 Å². The summed E-state index contributed by atoms with van der Waals surface area (Å²) in [5.74, 6) is 1.73. The molecule has 0 spiro atoms. The highest BCUT2D eigenvalue weighted by atomic mass is 16.5. The van der Waals surface area contributed by atoms with Crippen molar-refractivity contribution >= 4 is 11.4 Å². The first-order valence-electron chi connectivity index (χ1n) is 6.96. The first-order valence-corrected chi connectivity index (χ1v) is 6.96. The van der Waals surface area contributed by atoms with Crippen molar-refractivity contribution in [1.29, 1.82) is 0 Å². The van der Waals surface area contributed by atoms with Gasteiger partial charge in [0.15, 0.2) is 0 Å². The van der Waals surface area contributed by atoms with Gasteiger partial charge < -0.3 is 15.8 Å². The molecule has 1 aliphatic rings. The SMILES string of the molecule is COc1cc(N)cc(NCCC2CCCCC2)c1. The fourth-order valence-corrected chi connectivity index (χ4v) is 2.74. The standard InChI is InChI=1S/C15H24N2O/c1-18-15-10-13(16)9-14(11-15)17-8-7-12-5-3-2-4-6-12/h9-12,17H,2-8,16H2,1H3. The molecular weight excluding hydrogens is 224 g/mol. The van der Waals surface area contributed by atoms with E-state index in [0.29, 0.717) is 0 Å². The minimum atomic E-state index is 0.745. The highest BCUT2D eigenvalue weighted by Crippen LogP contribution is 2.27. The lowest BCUT2D eigenvalue weighted by Gasteiger charge is -2.21. The van der Waals surface area contributed by atoms with Gasteiger partial charge in [0.2, 0.25) is 0 Å². The van der Waals surface area contributed by atoms with E-state index in [-0.39, 0.29) is 0 Å². The van der Waals surface area contributed by atoms with Gasteiger partial charge in [-0.2, -0.15) is 0 Å². The Morgan fingerprint density at radius 2 is 2.00 bits per heavy atom. The van der Waals surface area contributed by atoms with Gasteiger partial charge in [-0.25, -0.2) is 0 Å². The summed E-state index contributed by atoms with van der Waals surface area (Å²) in [5.41, 5.74) is 7.63. The molecule has 1 saturated carbocycles. The third kappa shape index (κ3) is 3.83. The average molecular weight is 248 g/mol. The topological polar surface area (TPSA) is 47.3 Å². The van der Waals surface area contributed by atoms with Crippen LogP contribution in [0.5, 0.6) is 5.75 Å². The zero-order valence-corrected chi connectivity index (χ0v) is 11.2. The fourth-order valence-electron chi connectivity index (χ4n) is 2.74. The molecule has 1 aliphatic carbocycles. The normalized spacial score (nSPS) is 16.5. The smallest absolute Gasteiger partial charge is 0.122 e. The van der Waals surface area contributed by atoms with Crippen LogP contribution >= 0.6 is 0 Å². The first-order chi connectivity index (χ1) is 8.78. The van der Waals surface area contributed by atoms with Crippen molar-refractivity contribution in [3.8, 4) is 5.75 Å². The molecule has 0 atom stereocenters. The number of hydrogen-bond donors (Lipinski definition) is 2. The van der Waals surface area contributed by atoms with E-state index in [4.69, 9.17) is 10.5 Å². The lowest BCUT2D eigenvalue weighted by molar-refractivity contribution is 0.345. The molecule has 3 nitrogen and oxygen atoms in total. The number of nitrogens with two attached hydrogens (primary N) is 1. The third-order valence-electron chi connectivity index (χ3n) is 3.77. The Labute approximate surface area is 110 Å². The molecule has 2 rings (SSSR count). The lowest BCUT2D eigenvalue weighted by Crippen LogP contribution is -2.12. The van der Waals surface area contributed by atoms with E-state index in [2.05, 4.69) is 5.32 Å². The number of benzene rings is 1. The molecule has 1 aromatic carbocycles. The molecule has 3 N–H and O–H groups in total. The van der Waals surface area contributed by atoms with Crippen LogP contribution in [-0.2, 0) is 0 Å². The fraction of sp³-hybridized carbons (Fsp3) is 0.600. The van der Waals surface area contributed by atoms with Gasteiger partial charge in [0.25, 0.3) is 0 Å². The van der Waals surface area contributed by atoms with Crippen LogP contribution in [0.2, 0.25) is 0 Å². The quantitative estimate of drug-likeness (QED) is 0.782. The number of nitrogens with one attached hydrogen (secondary N) is 1. The number of ether oxygens (including phenoxy) is 1. The van der Waals surface area contributed by atoms with Crippen molar-refractivity contribution in [2.75, 3.05) is 24.7 Å². The summed E-state index contributed by atoms with van der Waals surface area (Å²) in [4.78, 5) is 0. The number of anilines is 2. The van der Waals surface area contributed by atoms with Crippen molar-refractivity contribution in [3.63, 3.8) is 0 Å². The van der Waals surface area contributed by atoms with Gasteiger partial charge in [0, 0.05) is 30.1 Å². The molecule has 0 aliphatic heterocycles.